The van der Waals surface area contributed by atoms with Crippen LogP contribution in [-0.4, -0.2) is 38.5 Å². The fourth-order valence-corrected chi connectivity index (χ4v) is 2.42. The lowest BCUT2D eigenvalue weighted by Crippen LogP contribution is -2.47. The third-order valence-corrected chi connectivity index (χ3v) is 3.49. The summed E-state index contributed by atoms with van der Waals surface area (Å²) in [5.74, 6) is 0. The monoisotopic (exact) mass is 303 g/mol. The van der Waals surface area contributed by atoms with E-state index in [1.54, 1.807) is 0 Å². The molecular formula is C15H20F3NO2. The minimum Gasteiger partial charge on any atom is -0.376 e. The first-order chi connectivity index (χ1) is 10.0. The number of hydrogen-bond acceptors (Lipinski definition) is 3. The van der Waals surface area contributed by atoms with E-state index in [1.807, 2.05) is 6.92 Å². The fraction of sp³-hybridized carbons (Fsp3) is 0.600. The molecule has 0 saturated carbocycles. The third-order valence-electron chi connectivity index (χ3n) is 3.49. The molecule has 118 valence electrons. The van der Waals surface area contributed by atoms with Crippen molar-refractivity contribution < 1.29 is 22.6 Å². The van der Waals surface area contributed by atoms with E-state index in [1.165, 1.54) is 12.1 Å². The normalized spacial score (nSPS) is 21.2. The molecule has 3 nitrogen and oxygen atoms in total. The Labute approximate surface area is 122 Å². The van der Waals surface area contributed by atoms with E-state index in [0.717, 1.165) is 24.2 Å². The molecule has 2 rings (SSSR count). The lowest BCUT2D eigenvalue weighted by molar-refractivity contribution is -0.137. The lowest BCUT2D eigenvalue weighted by Gasteiger charge is -2.31. The summed E-state index contributed by atoms with van der Waals surface area (Å²) in [6.45, 7) is 4.42. The summed E-state index contributed by atoms with van der Waals surface area (Å²) in [6, 6.07) is 5.33. The van der Waals surface area contributed by atoms with Gasteiger partial charge in [0, 0.05) is 6.04 Å². The highest BCUT2D eigenvalue weighted by atomic mass is 19.4. The molecule has 0 amide bonds. The predicted octanol–water partition coefficient (Wildman–Crippen LogP) is 2.64. The van der Waals surface area contributed by atoms with Crippen molar-refractivity contribution in [3.05, 3.63) is 35.4 Å². The number of rotatable bonds is 5. The van der Waals surface area contributed by atoms with Gasteiger partial charge in [-0.2, -0.15) is 13.2 Å². The van der Waals surface area contributed by atoms with Gasteiger partial charge in [-0.15, -0.1) is 0 Å². The molecule has 0 bridgehead atoms. The molecule has 1 N–H and O–H groups in total. The van der Waals surface area contributed by atoms with Crippen LogP contribution in [0.3, 0.4) is 0 Å². The van der Waals surface area contributed by atoms with E-state index in [9.17, 15) is 13.2 Å². The zero-order chi connectivity index (χ0) is 15.3. The van der Waals surface area contributed by atoms with Gasteiger partial charge < -0.3 is 14.8 Å². The van der Waals surface area contributed by atoms with E-state index >= 15 is 0 Å². The maximum absolute atomic E-state index is 12.5. The van der Waals surface area contributed by atoms with Crippen LogP contribution >= 0.6 is 0 Å². The third kappa shape index (κ3) is 4.69. The number of halogens is 3. The topological polar surface area (TPSA) is 30.5 Å². The molecule has 6 heteroatoms. The van der Waals surface area contributed by atoms with Crippen molar-refractivity contribution in [3.63, 3.8) is 0 Å². The van der Waals surface area contributed by atoms with Crippen LogP contribution in [0.2, 0.25) is 0 Å². The number of benzene rings is 1. The van der Waals surface area contributed by atoms with Crippen molar-refractivity contribution in [2.75, 3.05) is 26.4 Å². The van der Waals surface area contributed by atoms with Gasteiger partial charge in [0.25, 0.3) is 0 Å². The molecule has 2 unspecified atom stereocenters. The summed E-state index contributed by atoms with van der Waals surface area (Å²) >= 11 is 0. The number of likely N-dealkylation sites (N-methyl/N-ethyl adjacent to an activating group) is 1. The zero-order valence-electron chi connectivity index (χ0n) is 12.0. The summed E-state index contributed by atoms with van der Waals surface area (Å²) in [5, 5.41) is 3.32. The molecule has 0 spiro atoms. The van der Waals surface area contributed by atoms with Gasteiger partial charge in [0.05, 0.1) is 31.5 Å². The predicted molar refractivity (Wildman–Crippen MR) is 73.2 cm³/mol. The van der Waals surface area contributed by atoms with Gasteiger partial charge in [0.1, 0.15) is 0 Å². The van der Waals surface area contributed by atoms with E-state index in [0.29, 0.717) is 26.2 Å². The van der Waals surface area contributed by atoms with Gasteiger partial charge in [0.2, 0.25) is 0 Å². The van der Waals surface area contributed by atoms with Crippen LogP contribution in [0.25, 0.3) is 0 Å². The lowest BCUT2D eigenvalue weighted by atomic mass is 10.00. The highest BCUT2D eigenvalue weighted by Crippen LogP contribution is 2.29. The molecule has 1 aromatic rings. The summed E-state index contributed by atoms with van der Waals surface area (Å²) < 4.78 is 48.7. The SMILES string of the molecule is CCNC(Cc1ccc(C(F)(F)F)cc1)C1COCCO1. The second-order valence-corrected chi connectivity index (χ2v) is 5.05. The Bertz CT molecular complexity index is 428. The van der Waals surface area contributed by atoms with E-state index < -0.39 is 11.7 Å². The summed E-state index contributed by atoms with van der Waals surface area (Å²) in [4.78, 5) is 0. The van der Waals surface area contributed by atoms with Gasteiger partial charge in [-0.1, -0.05) is 19.1 Å². The molecule has 1 saturated heterocycles. The maximum Gasteiger partial charge on any atom is 0.416 e. The molecule has 1 aromatic carbocycles. The van der Waals surface area contributed by atoms with Crippen molar-refractivity contribution in [2.45, 2.75) is 31.7 Å². The van der Waals surface area contributed by atoms with Crippen molar-refractivity contribution >= 4 is 0 Å². The largest absolute Gasteiger partial charge is 0.416 e. The number of hydrogen-bond donors (Lipinski definition) is 1. The Kier molecular flexibility index (Phi) is 5.61. The van der Waals surface area contributed by atoms with E-state index in [2.05, 4.69) is 5.32 Å². The van der Waals surface area contributed by atoms with E-state index in [4.69, 9.17) is 9.47 Å². The second-order valence-electron chi connectivity index (χ2n) is 5.05. The Morgan fingerprint density at radius 2 is 1.95 bits per heavy atom. The van der Waals surface area contributed by atoms with Crippen molar-refractivity contribution in [1.29, 1.82) is 0 Å². The van der Waals surface area contributed by atoms with Crippen molar-refractivity contribution in [3.8, 4) is 0 Å². The van der Waals surface area contributed by atoms with Crippen molar-refractivity contribution in [2.24, 2.45) is 0 Å². The highest BCUT2D eigenvalue weighted by molar-refractivity contribution is 5.25. The molecule has 0 aromatic heterocycles. The molecular weight excluding hydrogens is 283 g/mol. The molecule has 1 fully saturated rings. The van der Waals surface area contributed by atoms with Gasteiger partial charge in [-0.05, 0) is 30.7 Å². The molecule has 21 heavy (non-hydrogen) atoms. The van der Waals surface area contributed by atoms with Crippen LogP contribution < -0.4 is 5.32 Å². The van der Waals surface area contributed by atoms with Crippen LogP contribution in [0.15, 0.2) is 24.3 Å². The fourth-order valence-electron chi connectivity index (χ4n) is 2.42. The smallest absolute Gasteiger partial charge is 0.376 e. The molecule has 1 heterocycles. The Morgan fingerprint density at radius 1 is 1.24 bits per heavy atom. The van der Waals surface area contributed by atoms with Gasteiger partial charge in [-0.3, -0.25) is 0 Å². The number of ether oxygens (including phenoxy) is 2. The number of nitrogens with one attached hydrogen (secondary N) is 1. The summed E-state index contributed by atoms with van der Waals surface area (Å²) in [6.07, 6.45) is -3.75. The molecule has 1 aliphatic rings. The second kappa shape index (κ2) is 7.24. The molecule has 2 atom stereocenters. The van der Waals surface area contributed by atoms with Crippen molar-refractivity contribution in [1.82, 2.24) is 5.32 Å². The molecule has 0 aliphatic carbocycles. The Morgan fingerprint density at radius 3 is 2.48 bits per heavy atom. The van der Waals surface area contributed by atoms with Gasteiger partial charge in [-0.25, -0.2) is 0 Å². The average molecular weight is 303 g/mol. The van der Waals surface area contributed by atoms with Crippen LogP contribution in [0.5, 0.6) is 0 Å². The average Bonchev–Trinajstić information content (AvgIpc) is 2.47. The first kappa shape index (κ1) is 16.3. The minimum absolute atomic E-state index is 0.0343. The molecule has 0 radical (unpaired) electrons. The maximum atomic E-state index is 12.5. The van der Waals surface area contributed by atoms with Crippen LogP contribution in [-0.2, 0) is 22.1 Å². The Hall–Kier alpha value is -1.11. The first-order valence-corrected chi connectivity index (χ1v) is 7.09. The van der Waals surface area contributed by atoms with Gasteiger partial charge in [0.15, 0.2) is 0 Å². The van der Waals surface area contributed by atoms with E-state index in [-0.39, 0.29) is 12.1 Å². The zero-order valence-corrected chi connectivity index (χ0v) is 12.0. The first-order valence-electron chi connectivity index (χ1n) is 7.09. The van der Waals surface area contributed by atoms with Crippen LogP contribution in [0, 0.1) is 0 Å². The summed E-state index contributed by atoms with van der Waals surface area (Å²) in [7, 11) is 0. The van der Waals surface area contributed by atoms with Gasteiger partial charge >= 0.3 is 6.18 Å². The van der Waals surface area contributed by atoms with Crippen LogP contribution in [0.4, 0.5) is 13.2 Å². The highest BCUT2D eigenvalue weighted by Gasteiger charge is 2.30. The Balaban J connectivity index is 2.02. The summed E-state index contributed by atoms with van der Waals surface area (Å²) in [5.41, 5.74) is 0.228. The number of alkyl halides is 3. The van der Waals surface area contributed by atoms with Crippen LogP contribution in [0.1, 0.15) is 18.1 Å². The minimum atomic E-state index is -4.29. The quantitative estimate of drug-likeness (QED) is 0.907. The molecule has 1 aliphatic heterocycles. The standard InChI is InChI=1S/C15H20F3NO2/c1-2-19-13(14-10-20-7-8-21-14)9-11-3-5-12(6-4-11)15(16,17)18/h3-6,13-14,19H,2,7-10H2,1H3.